The van der Waals surface area contributed by atoms with Crippen molar-refractivity contribution in [3.8, 4) is 0 Å². The summed E-state index contributed by atoms with van der Waals surface area (Å²) in [6, 6.07) is 4.79. The molecule has 1 aromatic rings. The number of rotatable bonds is 4. The molecule has 0 saturated carbocycles. The number of hydrogen-bond donors (Lipinski definition) is 0. The van der Waals surface area contributed by atoms with Crippen LogP contribution in [0.15, 0.2) is 22.7 Å². The van der Waals surface area contributed by atoms with Gasteiger partial charge < -0.3 is 9.64 Å². The predicted molar refractivity (Wildman–Crippen MR) is 74.1 cm³/mol. The highest BCUT2D eigenvalue weighted by atomic mass is 79.9. The van der Waals surface area contributed by atoms with Crippen LogP contribution in [-0.4, -0.2) is 30.6 Å². The van der Waals surface area contributed by atoms with E-state index in [1.807, 2.05) is 6.92 Å². The zero-order valence-electron chi connectivity index (χ0n) is 10.9. The first kappa shape index (κ1) is 14.5. The number of nitrogens with zero attached hydrogens (tertiary/aromatic N) is 1. The lowest BCUT2D eigenvalue weighted by atomic mass is 10.1. The predicted octanol–water partition coefficient (Wildman–Crippen LogP) is 2.97. The second kappa shape index (κ2) is 6.48. The van der Waals surface area contributed by atoms with Crippen LogP contribution in [0.5, 0.6) is 0 Å². The zero-order chi connectivity index (χ0) is 13.8. The molecule has 0 radical (unpaired) electrons. The van der Waals surface area contributed by atoms with Gasteiger partial charge in [-0.05, 0) is 31.5 Å². The minimum absolute atomic E-state index is 0.0550. The molecule has 0 N–H and O–H groups in total. The Morgan fingerprint density at radius 1 is 1.58 bits per heavy atom. The van der Waals surface area contributed by atoms with E-state index in [1.54, 1.807) is 17.0 Å². The Labute approximate surface area is 120 Å². The molecule has 1 heterocycles. The summed E-state index contributed by atoms with van der Waals surface area (Å²) in [7, 11) is 0. The highest BCUT2D eigenvalue weighted by Gasteiger charge is 2.27. The number of hydrogen-bond acceptors (Lipinski definition) is 2. The molecule has 0 aliphatic carbocycles. The van der Waals surface area contributed by atoms with E-state index in [0.29, 0.717) is 31.9 Å². The van der Waals surface area contributed by atoms with E-state index in [0.717, 1.165) is 10.9 Å². The molecule has 1 unspecified atom stereocenters. The van der Waals surface area contributed by atoms with Crippen LogP contribution in [0, 0.1) is 11.7 Å². The smallest absolute Gasteiger partial charge is 0.228 e. The maximum atomic E-state index is 13.7. The molecule has 1 fully saturated rings. The summed E-state index contributed by atoms with van der Waals surface area (Å²) < 4.78 is 19.8. The maximum absolute atomic E-state index is 13.7. The van der Waals surface area contributed by atoms with E-state index in [1.165, 1.54) is 6.07 Å². The second-order valence-electron chi connectivity index (χ2n) is 4.65. The fraction of sp³-hybridized carbons (Fsp3) is 0.500. The molecule has 2 rings (SSSR count). The van der Waals surface area contributed by atoms with E-state index < -0.39 is 0 Å². The van der Waals surface area contributed by atoms with E-state index in [9.17, 15) is 9.18 Å². The minimum Gasteiger partial charge on any atom is -0.381 e. The second-order valence-corrected chi connectivity index (χ2v) is 5.56. The van der Waals surface area contributed by atoms with Crippen molar-refractivity contribution in [2.24, 2.45) is 5.92 Å². The number of halogens is 2. The average Bonchev–Trinajstić information content (AvgIpc) is 2.93. The Hall–Kier alpha value is -0.940. The van der Waals surface area contributed by atoms with Crippen LogP contribution in [0.4, 0.5) is 4.39 Å². The van der Waals surface area contributed by atoms with Crippen molar-refractivity contribution in [3.05, 3.63) is 34.1 Å². The van der Waals surface area contributed by atoms with Gasteiger partial charge >= 0.3 is 0 Å². The molecule has 3 nitrogen and oxygen atoms in total. The molecule has 0 bridgehead atoms. The number of ether oxygens (including phenoxy) is 1. The molecule has 1 atom stereocenters. The molecule has 19 heavy (non-hydrogen) atoms. The van der Waals surface area contributed by atoms with Crippen molar-refractivity contribution in [2.45, 2.75) is 19.9 Å². The third-order valence-corrected chi connectivity index (χ3v) is 3.83. The van der Waals surface area contributed by atoms with E-state index >= 15 is 0 Å². The Balaban J connectivity index is 2.09. The van der Waals surface area contributed by atoms with Gasteiger partial charge in [-0.15, -0.1) is 0 Å². The standard InChI is InChI=1S/C14H17BrFNO2/c1-2-17(14(18)10-5-6-19-9-10)8-11-7-12(15)3-4-13(11)16/h3-4,7,10H,2,5-6,8-9H2,1H3. The lowest BCUT2D eigenvalue weighted by Crippen LogP contribution is -2.36. The van der Waals surface area contributed by atoms with Crippen LogP contribution < -0.4 is 0 Å². The zero-order valence-corrected chi connectivity index (χ0v) is 12.5. The Kier molecular flexibility index (Phi) is 4.93. The SMILES string of the molecule is CCN(Cc1cc(Br)ccc1F)C(=O)C1CCOC1. The first-order valence-electron chi connectivity index (χ1n) is 6.42. The Morgan fingerprint density at radius 2 is 2.37 bits per heavy atom. The third kappa shape index (κ3) is 3.54. The van der Waals surface area contributed by atoms with Gasteiger partial charge in [0.25, 0.3) is 0 Å². The van der Waals surface area contributed by atoms with Gasteiger partial charge in [-0.2, -0.15) is 0 Å². The van der Waals surface area contributed by atoms with Crippen LogP contribution in [0.3, 0.4) is 0 Å². The van der Waals surface area contributed by atoms with Crippen molar-refractivity contribution < 1.29 is 13.9 Å². The number of carbonyl (C=O) groups is 1. The molecule has 1 amide bonds. The van der Waals surface area contributed by atoms with Gasteiger partial charge in [0.2, 0.25) is 5.91 Å². The molecule has 5 heteroatoms. The molecule has 1 aliphatic rings. The molecule has 0 spiro atoms. The lowest BCUT2D eigenvalue weighted by Gasteiger charge is -2.24. The van der Waals surface area contributed by atoms with Gasteiger partial charge in [-0.3, -0.25) is 4.79 Å². The van der Waals surface area contributed by atoms with Gasteiger partial charge in [0.05, 0.1) is 12.5 Å². The first-order valence-corrected chi connectivity index (χ1v) is 7.21. The topological polar surface area (TPSA) is 29.5 Å². The van der Waals surface area contributed by atoms with Gasteiger partial charge in [0.1, 0.15) is 5.82 Å². The largest absolute Gasteiger partial charge is 0.381 e. The summed E-state index contributed by atoms with van der Waals surface area (Å²) in [5, 5.41) is 0. The fourth-order valence-corrected chi connectivity index (χ4v) is 2.61. The molecule has 104 valence electrons. The van der Waals surface area contributed by atoms with Gasteiger partial charge in [0, 0.05) is 29.7 Å². The van der Waals surface area contributed by atoms with Crippen LogP contribution in [-0.2, 0) is 16.1 Å². The summed E-state index contributed by atoms with van der Waals surface area (Å²) in [6.45, 7) is 3.90. The summed E-state index contributed by atoms with van der Waals surface area (Å²) in [5.74, 6) is -0.299. The van der Waals surface area contributed by atoms with E-state index in [4.69, 9.17) is 4.74 Å². The van der Waals surface area contributed by atoms with Crippen LogP contribution in [0.25, 0.3) is 0 Å². The summed E-state index contributed by atoms with van der Waals surface area (Å²) in [5.41, 5.74) is 0.531. The average molecular weight is 330 g/mol. The third-order valence-electron chi connectivity index (χ3n) is 3.34. The van der Waals surface area contributed by atoms with E-state index in [2.05, 4.69) is 15.9 Å². The van der Waals surface area contributed by atoms with Crippen molar-refractivity contribution in [1.29, 1.82) is 0 Å². The van der Waals surface area contributed by atoms with Crippen molar-refractivity contribution in [1.82, 2.24) is 4.90 Å². The molecule has 1 aromatic carbocycles. The Morgan fingerprint density at radius 3 is 3.00 bits per heavy atom. The first-order chi connectivity index (χ1) is 9.11. The molecule has 0 aromatic heterocycles. The highest BCUT2D eigenvalue weighted by Crippen LogP contribution is 2.20. The number of benzene rings is 1. The van der Waals surface area contributed by atoms with Crippen molar-refractivity contribution in [2.75, 3.05) is 19.8 Å². The summed E-state index contributed by atoms with van der Waals surface area (Å²) in [6.07, 6.45) is 0.760. The minimum atomic E-state index is -0.280. The molecule has 1 aliphatic heterocycles. The molecular weight excluding hydrogens is 313 g/mol. The highest BCUT2D eigenvalue weighted by molar-refractivity contribution is 9.10. The van der Waals surface area contributed by atoms with Crippen molar-refractivity contribution >= 4 is 21.8 Å². The maximum Gasteiger partial charge on any atom is 0.228 e. The number of amides is 1. The van der Waals surface area contributed by atoms with Crippen LogP contribution in [0.2, 0.25) is 0 Å². The normalized spacial score (nSPS) is 18.6. The Bertz CT molecular complexity index is 461. The lowest BCUT2D eigenvalue weighted by molar-refractivity contribution is -0.135. The monoisotopic (exact) mass is 329 g/mol. The van der Waals surface area contributed by atoms with Crippen molar-refractivity contribution in [3.63, 3.8) is 0 Å². The molecule has 1 saturated heterocycles. The number of carbonyl (C=O) groups excluding carboxylic acids is 1. The van der Waals surface area contributed by atoms with Crippen LogP contribution in [0.1, 0.15) is 18.9 Å². The van der Waals surface area contributed by atoms with E-state index in [-0.39, 0.29) is 17.6 Å². The van der Waals surface area contributed by atoms with Crippen LogP contribution >= 0.6 is 15.9 Å². The van der Waals surface area contributed by atoms with Gasteiger partial charge in [-0.25, -0.2) is 4.39 Å². The van der Waals surface area contributed by atoms with Gasteiger partial charge in [0.15, 0.2) is 0 Å². The summed E-state index contributed by atoms with van der Waals surface area (Å²) >= 11 is 3.32. The van der Waals surface area contributed by atoms with Gasteiger partial charge in [-0.1, -0.05) is 15.9 Å². The molecular formula is C14H17BrFNO2. The summed E-state index contributed by atoms with van der Waals surface area (Å²) in [4.78, 5) is 14.0. The fourth-order valence-electron chi connectivity index (χ4n) is 2.20. The quantitative estimate of drug-likeness (QED) is 0.849.